The Labute approximate surface area is 162 Å². The summed E-state index contributed by atoms with van der Waals surface area (Å²) in [6, 6.07) is 13.4. The summed E-state index contributed by atoms with van der Waals surface area (Å²) in [5.74, 6) is 0.0168. The summed E-state index contributed by atoms with van der Waals surface area (Å²) in [6.07, 6.45) is 4.79. The van der Waals surface area contributed by atoms with E-state index < -0.39 is 5.91 Å². The Balaban J connectivity index is 1.51. The Morgan fingerprint density at radius 2 is 2.00 bits per heavy atom. The molecular formula is C21H19N5O2. The first-order valence-corrected chi connectivity index (χ1v) is 9.11. The van der Waals surface area contributed by atoms with E-state index in [0.29, 0.717) is 11.3 Å². The number of carbonyl (C=O) groups excluding carboxylic acids is 1. The number of benzene rings is 1. The van der Waals surface area contributed by atoms with E-state index in [4.69, 9.17) is 10.5 Å². The number of nitriles is 1. The van der Waals surface area contributed by atoms with Crippen molar-refractivity contribution in [3.63, 3.8) is 0 Å². The van der Waals surface area contributed by atoms with Crippen LogP contribution in [-0.4, -0.2) is 35.1 Å². The highest BCUT2D eigenvalue weighted by Crippen LogP contribution is 2.32. The van der Waals surface area contributed by atoms with Crippen LogP contribution in [-0.2, 0) is 0 Å². The molecule has 2 aromatic heterocycles. The molecule has 1 saturated heterocycles. The molecule has 0 saturated carbocycles. The van der Waals surface area contributed by atoms with E-state index in [9.17, 15) is 10.1 Å². The number of primary amides is 1. The molecule has 3 aromatic rings. The molecule has 28 heavy (non-hydrogen) atoms. The number of aromatic nitrogens is 2. The van der Waals surface area contributed by atoms with E-state index in [2.05, 4.69) is 20.9 Å². The van der Waals surface area contributed by atoms with Crippen LogP contribution in [0.15, 0.2) is 48.8 Å². The Bertz CT molecular complexity index is 1070. The van der Waals surface area contributed by atoms with Crippen molar-refractivity contribution in [2.45, 2.75) is 18.9 Å². The number of nitrogens with two attached hydrogens (primary N) is 1. The third-order valence-electron chi connectivity index (χ3n) is 4.91. The van der Waals surface area contributed by atoms with Gasteiger partial charge in [-0.2, -0.15) is 5.26 Å². The molecule has 3 heterocycles. The Morgan fingerprint density at radius 1 is 1.21 bits per heavy atom. The number of anilines is 1. The number of ether oxygens (including phenoxy) is 1. The van der Waals surface area contributed by atoms with Gasteiger partial charge in [0.1, 0.15) is 23.6 Å². The standard InChI is InChI=1S/C21H19N5O2/c22-12-14-13-25-18-4-2-1-3-17(18)20(14)26-9-6-15(7-10-26)28-16-5-8-24-19(11-16)21(23)27/h1-5,8,11,13,15H,6-7,9-10H2,(H2,23,27). The summed E-state index contributed by atoms with van der Waals surface area (Å²) in [7, 11) is 0. The number of nitrogens with zero attached hydrogens (tertiary/aromatic N) is 4. The van der Waals surface area contributed by atoms with Crippen LogP contribution in [0.1, 0.15) is 28.9 Å². The average molecular weight is 373 g/mol. The van der Waals surface area contributed by atoms with Crippen LogP contribution in [0.2, 0.25) is 0 Å². The number of pyridine rings is 2. The molecule has 0 bridgehead atoms. The van der Waals surface area contributed by atoms with E-state index in [1.807, 2.05) is 24.3 Å². The van der Waals surface area contributed by atoms with Crippen molar-refractivity contribution in [3.05, 3.63) is 60.0 Å². The summed E-state index contributed by atoms with van der Waals surface area (Å²) in [6.45, 7) is 1.53. The molecule has 140 valence electrons. The van der Waals surface area contributed by atoms with Gasteiger partial charge >= 0.3 is 0 Å². The highest BCUT2D eigenvalue weighted by Gasteiger charge is 2.24. The van der Waals surface area contributed by atoms with Crippen LogP contribution < -0.4 is 15.4 Å². The Hall–Kier alpha value is -3.66. The summed E-state index contributed by atoms with van der Waals surface area (Å²) in [5.41, 5.74) is 7.87. The maximum Gasteiger partial charge on any atom is 0.267 e. The van der Waals surface area contributed by atoms with Crippen molar-refractivity contribution in [2.75, 3.05) is 18.0 Å². The molecule has 1 amide bonds. The normalized spacial score (nSPS) is 14.6. The fourth-order valence-electron chi connectivity index (χ4n) is 3.56. The van der Waals surface area contributed by atoms with E-state index >= 15 is 0 Å². The molecule has 1 aliphatic rings. The Morgan fingerprint density at radius 3 is 2.75 bits per heavy atom. The number of hydrogen-bond donors (Lipinski definition) is 1. The molecule has 0 spiro atoms. The quantitative estimate of drug-likeness (QED) is 0.754. The first-order valence-electron chi connectivity index (χ1n) is 9.11. The van der Waals surface area contributed by atoms with Gasteiger partial charge in [0, 0.05) is 49.8 Å². The first kappa shape index (κ1) is 17.7. The fourth-order valence-corrected chi connectivity index (χ4v) is 3.56. The second-order valence-corrected chi connectivity index (χ2v) is 6.69. The molecule has 0 aliphatic carbocycles. The average Bonchev–Trinajstić information content (AvgIpc) is 2.74. The predicted octanol–water partition coefficient (Wildman–Crippen LogP) is 2.65. The smallest absolute Gasteiger partial charge is 0.267 e. The molecule has 1 aromatic carbocycles. The molecule has 1 aliphatic heterocycles. The van der Waals surface area contributed by atoms with E-state index in [-0.39, 0.29) is 11.8 Å². The van der Waals surface area contributed by atoms with Crippen molar-refractivity contribution in [3.8, 4) is 11.8 Å². The van der Waals surface area contributed by atoms with Crippen LogP contribution in [0.4, 0.5) is 5.69 Å². The Kier molecular flexibility index (Phi) is 4.77. The second-order valence-electron chi connectivity index (χ2n) is 6.69. The summed E-state index contributed by atoms with van der Waals surface area (Å²) in [5, 5.41) is 10.5. The minimum absolute atomic E-state index is 0.0259. The summed E-state index contributed by atoms with van der Waals surface area (Å²) >= 11 is 0. The van der Waals surface area contributed by atoms with Gasteiger partial charge in [0.25, 0.3) is 5.91 Å². The number of amides is 1. The van der Waals surface area contributed by atoms with Crippen molar-refractivity contribution < 1.29 is 9.53 Å². The lowest BCUT2D eigenvalue weighted by Crippen LogP contribution is -2.38. The van der Waals surface area contributed by atoms with Crippen molar-refractivity contribution in [1.29, 1.82) is 5.26 Å². The largest absolute Gasteiger partial charge is 0.490 e. The fraction of sp³-hybridized carbons (Fsp3) is 0.238. The van der Waals surface area contributed by atoms with Crippen molar-refractivity contribution in [1.82, 2.24) is 9.97 Å². The minimum Gasteiger partial charge on any atom is -0.490 e. The van der Waals surface area contributed by atoms with E-state index in [0.717, 1.165) is 42.5 Å². The van der Waals surface area contributed by atoms with Gasteiger partial charge in [-0.25, -0.2) is 0 Å². The number of piperidine rings is 1. The molecule has 7 heteroatoms. The van der Waals surface area contributed by atoms with Gasteiger partial charge in [-0.15, -0.1) is 0 Å². The summed E-state index contributed by atoms with van der Waals surface area (Å²) in [4.78, 5) is 21.8. The van der Waals surface area contributed by atoms with Crippen LogP contribution in [0, 0.1) is 11.3 Å². The van der Waals surface area contributed by atoms with Crippen LogP contribution in [0.3, 0.4) is 0 Å². The SMILES string of the molecule is N#Cc1cnc2ccccc2c1N1CCC(Oc2ccnc(C(N)=O)c2)CC1. The van der Waals surface area contributed by atoms with Gasteiger partial charge in [-0.05, 0) is 12.1 Å². The monoisotopic (exact) mass is 373 g/mol. The van der Waals surface area contributed by atoms with Gasteiger partial charge in [0.15, 0.2) is 0 Å². The van der Waals surface area contributed by atoms with E-state index in [1.54, 1.807) is 18.3 Å². The third-order valence-corrected chi connectivity index (χ3v) is 4.91. The molecule has 4 rings (SSSR count). The molecule has 0 unspecified atom stereocenters. The molecule has 0 radical (unpaired) electrons. The number of para-hydroxylation sites is 1. The number of carbonyl (C=O) groups is 1. The number of hydrogen-bond acceptors (Lipinski definition) is 6. The maximum atomic E-state index is 11.3. The van der Waals surface area contributed by atoms with Crippen molar-refractivity contribution >= 4 is 22.5 Å². The zero-order chi connectivity index (χ0) is 19.5. The first-order chi connectivity index (χ1) is 13.7. The van der Waals surface area contributed by atoms with Crippen LogP contribution >= 0.6 is 0 Å². The van der Waals surface area contributed by atoms with Gasteiger partial charge in [-0.1, -0.05) is 18.2 Å². The van der Waals surface area contributed by atoms with E-state index in [1.165, 1.54) is 6.20 Å². The molecule has 1 fully saturated rings. The maximum absolute atomic E-state index is 11.3. The second kappa shape index (κ2) is 7.53. The summed E-state index contributed by atoms with van der Waals surface area (Å²) < 4.78 is 6.02. The van der Waals surface area contributed by atoms with Gasteiger partial charge in [0.05, 0.1) is 16.8 Å². The third kappa shape index (κ3) is 3.45. The molecular weight excluding hydrogens is 354 g/mol. The van der Waals surface area contributed by atoms with Gasteiger partial charge in [-0.3, -0.25) is 14.8 Å². The molecule has 7 nitrogen and oxygen atoms in total. The lowest BCUT2D eigenvalue weighted by molar-refractivity contribution is 0.0994. The molecule has 2 N–H and O–H groups in total. The van der Waals surface area contributed by atoms with Crippen LogP contribution in [0.5, 0.6) is 5.75 Å². The molecule has 0 atom stereocenters. The number of rotatable bonds is 4. The lowest BCUT2D eigenvalue weighted by atomic mass is 10.0. The zero-order valence-electron chi connectivity index (χ0n) is 15.2. The lowest BCUT2D eigenvalue weighted by Gasteiger charge is -2.34. The van der Waals surface area contributed by atoms with Crippen molar-refractivity contribution in [2.24, 2.45) is 5.73 Å². The van der Waals surface area contributed by atoms with Gasteiger partial charge < -0.3 is 15.4 Å². The number of fused-ring (bicyclic) bond motifs is 1. The highest BCUT2D eigenvalue weighted by atomic mass is 16.5. The zero-order valence-corrected chi connectivity index (χ0v) is 15.2. The van der Waals surface area contributed by atoms with Gasteiger partial charge in [0.2, 0.25) is 0 Å². The minimum atomic E-state index is -0.575. The highest BCUT2D eigenvalue weighted by molar-refractivity contribution is 5.94. The topological polar surface area (TPSA) is 105 Å². The predicted molar refractivity (Wildman–Crippen MR) is 105 cm³/mol. The van der Waals surface area contributed by atoms with Crippen LogP contribution in [0.25, 0.3) is 10.9 Å².